The number of benzene rings is 1. The Morgan fingerprint density at radius 2 is 1.83 bits per heavy atom. The monoisotopic (exact) mass is 422 g/mol. The highest BCUT2D eigenvalue weighted by molar-refractivity contribution is 7.88. The van der Waals surface area contributed by atoms with E-state index < -0.39 is 10.0 Å². The van der Waals surface area contributed by atoms with Gasteiger partial charge in [0.2, 0.25) is 10.0 Å². The zero-order valence-corrected chi connectivity index (χ0v) is 18.4. The molecule has 2 aliphatic rings. The van der Waals surface area contributed by atoms with E-state index in [0.717, 1.165) is 51.5 Å². The van der Waals surface area contributed by atoms with Crippen LogP contribution < -0.4 is 5.32 Å². The lowest BCUT2D eigenvalue weighted by molar-refractivity contribution is 0.0906. The number of aliphatic imine (C=N–C) groups is 1. The minimum atomic E-state index is -3.06. The number of sulfonamides is 1. The van der Waals surface area contributed by atoms with Crippen molar-refractivity contribution in [1.29, 1.82) is 0 Å². The van der Waals surface area contributed by atoms with Gasteiger partial charge in [-0.05, 0) is 30.7 Å². The van der Waals surface area contributed by atoms with E-state index in [1.54, 1.807) is 4.31 Å². The summed E-state index contributed by atoms with van der Waals surface area (Å²) in [5.41, 5.74) is 1.21. The van der Waals surface area contributed by atoms with Crippen molar-refractivity contribution in [1.82, 2.24) is 14.5 Å². The van der Waals surface area contributed by atoms with Gasteiger partial charge in [0.1, 0.15) is 0 Å². The van der Waals surface area contributed by atoms with Crippen LogP contribution in [0.5, 0.6) is 0 Å². The van der Waals surface area contributed by atoms with Crippen molar-refractivity contribution in [2.75, 3.05) is 52.6 Å². The Balaban J connectivity index is 1.36. The first kappa shape index (κ1) is 22.1. The second-order valence-electron chi connectivity index (χ2n) is 8.13. The standard InChI is InChI=1S/C21H34N4O3S/c1-22-21(23-14-18-9-12-25(13-10-18)29(2,26)27)24-11-8-20(15-24)17-28-16-19-6-4-3-5-7-19/h3-7,18,20H,8-17H2,1-2H3,(H,22,23). The van der Waals surface area contributed by atoms with Crippen LogP contribution in [0.3, 0.4) is 0 Å². The highest BCUT2D eigenvalue weighted by atomic mass is 32.2. The molecule has 0 aliphatic carbocycles. The van der Waals surface area contributed by atoms with Gasteiger partial charge in [-0.1, -0.05) is 30.3 Å². The minimum Gasteiger partial charge on any atom is -0.376 e. The molecule has 3 rings (SSSR count). The van der Waals surface area contributed by atoms with Crippen LogP contribution in [-0.4, -0.2) is 76.2 Å². The van der Waals surface area contributed by atoms with Crippen LogP contribution in [-0.2, 0) is 21.4 Å². The fourth-order valence-electron chi connectivity index (χ4n) is 4.09. The molecule has 1 atom stereocenters. The van der Waals surface area contributed by atoms with E-state index in [2.05, 4.69) is 27.3 Å². The van der Waals surface area contributed by atoms with E-state index in [-0.39, 0.29) is 0 Å². The second-order valence-corrected chi connectivity index (χ2v) is 10.1. The number of guanidine groups is 1. The van der Waals surface area contributed by atoms with E-state index in [0.29, 0.717) is 31.5 Å². The van der Waals surface area contributed by atoms with Gasteiger partial charge in [-0.2, -0.15) is 0 Å². The molecular weight excluding hydrogens is 388 g/mol. The molecule has 0 saturated carbocycles. The van der Waals surface area contributed by atoms with Crippen LogP contribution in [0.25, 0.3) is 0 Å². The molecule has 1 aromatic carbocycles. The maximum absolute atomic E-state index is 11.6. The molecule has 1 unspecified atom stereocenters. The quantitative estimate of drug-likeness (QED) is 0.536. The second kappa shape index (κ2) is 10.4. The van der Waals surface area contributed by atoms with E-state index >= 15 is 0 Å². The van der Waals surface area contributed by atoms with Crippen molar-refractivity contribution in [3.63, 3.8) is 0 Å². The van der Waals surface area contributed by atoms with Crippen LogP contribution in [0.15, 0.2) is 35.3 Å². The number of hydrogen-bond donors (Lipinski definition) is 1. The molecule has 162 valence electrons. The Morgan fingerprint density at radius 1 is 1.14 bits per heavy atom. The molecule has 2 aliphatic heterocycles. The maximum atomic E-state index is 11.6. The highest BCUT2D eigenvalue weighted by Crippen LogP contribution is 2.20. The molecule has 2 fully saturated rings. The Morgan fingerprint density at radius 3 is 2.48 bits per heavy atom. The Labute approximate surface area is 175 Å². The van der Waals surface area contributed by atoms with Crippen LogP contribution in [0.2, 0.25) is 0 Å². The normalized spacial score (nSPS) is 22.2. The lowest BCUT2D eigenvalue weighted by atomic mass is 9.98. The Bertz CT molecular complexity index is 761. The number of nitrogens with one attached hydrogen (secondary N) is 1. The number of ether oxygens (including phenoxy) is 1. The SMILES string of the molecule is CN=C(NCC1CCN(S(C)(=O)=O)CC1)N1CCC(COCc2ccccc2)C1. The fourth-order valence-corrected chi connectivity index (χ4v) is 4.97. The molecule has 0 bridgehead atoms. The zero-order chi connectivity index (χ0) is 20.7. The summed E-state index contributed by atoms with van der Waals surface area (Å²) in [6, 6.07) is 10.3. The summed E-state index contributed by atoms with van der Waals surface area (Å²) in [6.07, 6.45) is 4.20. The molecule has 0 amide bonds. The van der Waals surface area contributed by atoms with Crippen LogP contribution in [0.4, 0.5) is 0 Å². The van der Waals surface area contributed by atoms with E-state index in [4.69, 9.17) is 4.74 Å². The van der Waals surface area contributed by atoms with Crippen molar-refractivity contribution >= 4 is 16.0 Å². The van der Waals surface area contributed by atoms with Crippen LogP contribution in [0, 0.1) is 11.8 Å². The first-order valence-corrected chi connectivity index (χ1v) is 12.3. The van der Waals surface area contributed by atoms with Gasteiger partial charge in [-0.15, -0.1) is 0 Å². The van der Waals surface area contributed by atoms with Gasteiger partial charge >= 0.3 is 0 Å². The van der Waals surface area contributed by atoms with Gasteiger partial charge in [0.05, 0.1) is 19.5 Å². The molecule has 1 N–H and O–H groups in total. The average Bonchev–Trinajstić information content (AvgIpc) is 3.18. The summed E-state index contributed by atoms with van der Waals surface area (Å²) in [5, 5.41) is 3.50. The van der Waals surface area contributed by atoms with Gasteiger partial charge in [-0.25, -0.2) is 12.7 Å². The minimum absolute atomic E-state index is 0.484. The molecule has 0 radical (unpaired) electrons. The number of rotatable bonds is 7. The van der Waals surface area contributed by atoms with E-state index in [1.165, 1.54) is 11.8 Å². The molecule has 0 aromatic heterocycles. The summed E-state index contributed by atoms with van der Waals surface area (Å²) < 4.78 is 30.8. The molecule has 29 heavy (non-hydrogen) atoms. The molecule has 0 spiro atoms. The summed E-state index contributed by atoms with van der Waals surface area (Å²) >= 11 is 0. The number of likely N-dealkylation sites (tertiary alicyclic amines) is 1. The number of nitrogens with zero attached hydrogens (tertiary/aromatic N) is 3. The largest absolute Gasteiger partial charge is 0.376 e. The lowest BCUT2D eigenvalue weighted by Crippen LogP contribution is -2.45. The first-order valence-electron chi connectivity index (χ1n) is 10.5. The van der Waals surface area contributed by atoms with Crippen molar-refractivity contribution in [2.24, 2.45) is 16.8 Å². The van der Waals surface area contributed by atoms with Gasteiger partial charge in [-0.3, -0.25) is 4.99 Å². The maximum Gasteiger partial charge on any atom is 0.211 e. The topological polar surface area (TPSA) is 74.2 Å². The predicted molar refractivity (Wildman–Crippen MR) is 116 cm³/mol. The highest BCUT2D eigenvalue weighted by Gasteiger charge is 2.27. The van der Waals surface area contributed by atoms with Gasteiger partial charge in [0.25, 0.3) is 0 Å². The van der Waals surface area contributed by atoms with E-state index in [1.807, 2.05) is 25.2 Å². The number of piperidine rings is 1. The summed E-state index contributed by atoms with van der Waals surface area (Å²) in [7, 11) is -1.23. The fraction of sp³-hybridized carbons (Fsp3) is 0.667. The molecule has 2 saturated heterocycles. The molecule has 2 heterocycles. The third-order valence-corrected chi connectivity index (χ3v) is 7.16. The molecule has 7 nitrogen and oxygen atoms in total. The van der Waals surface area contributed by atoms with Crippen molar-refractivity contribution in [3.8, 4) is 0 Å². The third kappa shape index (κ3) is 6.69. The Hall–Kier alpha value is -1.64. The third-order valence-electron chi connectivity index (χ3n) is 5.85. The molecule has 8 heteroatoms. The van der Waals surface area contributed by atoms with Crippen molar-refractivity contribution in [3.05, 3.63) is 35.9 Å². The van der Waals surface area contributed by atoms with E-state index in [9.17, 15) is 8.42 Å². The van der Waals surface area contributed by atoms with Crippen molar-refractivity contribution in [2.45, 2.75) is 25.9 Å². The first-order chi connectivity index (χ1) is 14.0. The molecule has 1 aromatic rings. The Kier molecular flexibility index (Phi) is 7.91. The van der Waals surface area contributed by atoms with Crippen LogP contribution >= 0.6 is 0 Å². The average molecular weight is 423 g/mol. The van der Waals surface area contributed by atoms with Crippen molar-refractivity contribution < 1.29 is 13.2 Å². The smallest absolute Gasteiger partial charge is 0.211 e. The summed E-state index contributed by atoms with van der Waals surface area (Å²) in [5.74, 6) is 1.95. The summed E-state index contributed by atoms with van der Waals surface area (Å²) in [4.78, 5) is 6.76. The molecular formula is C21H34N4O3S. The summed E-state index contributed by atoms with van der Waals surface area (Å²) in [6.45, 7) is 5.47. The number of hydrogen-bond acceptors (Lipinski definition) is 4. The lowest BCUT2D eigenvalue weighted by Gasteiger charge is -2.31. The van der Waals surface area contributed by atoms with Gasteiger partial charge in [0.15, 0.2) is 5.96 Å². The van der Waals surface area contributed by atoms with Gasteiger partial charge < -0.3 is 15.0 Å². The zero-order valence-electron chi connectivity index (χ0n) is 17.6. The van der Waals surface area contributed by atoms with Gasteiger partial charge in [0, 0.05) is 45.7 Å². The van der Waals surface area contributed by atoms with Crippen LogP contribution in [0.1, 0.15) is 24.8 Å². The predicted octanol–water partition coefficient (Wildman–Crippen LogP) is 1.77.